The zero-order chi connectivity index (χ0) is 11.1. The van der Waals surface area contributed by atoms with Crippen LogP contribution >= 0.6 is 11.3 Å². The quantitative estimate of drug-likeness (QED) is 0.795. The molecule has 80 valence electrons. The summed E-state index contributed by atoms with van der Waals surface area (Å²) in [5, 5.41) is 11.0. The third kappa shape index (κ3) is 1.20. The normalized spacial score (nSPS) is 21.4. The van der Waals surface area contributed by atoms with Gasteiger partial charge in [0, 0.05) is 12.4 Å². The maximum absolute atomic E-state index is 11.1. The predicted molar refractivity (Wildman–Crippen MR) is 62.4 cm³/mol. The van der Waals surface area contributed by atoms with E-state index >= 15 is 0 Å². The van der Waals surface area contributed by atoms with Crippen molar-refractivity contribution in [2.45, 2.75) is 6.17 Å². The molecule has 0 bridgehead atoms. The summed E-state index contributed by atoms with van der Waals surface area (Å²) >= 11 is 1.53. The minimum Gasteiger partial charge on any atom is -0.478 e. The molecule has 6 heteroatoms. The number of aliphatic imine (C=N–C) groups is 2. The number of anilines is 1. The number of thiophene rings is 1. The fourth-order valence-electron chi connectivity index (χ4n) is 1.75. The van der Waals surface area contributed by atoms with Crippen molar-refractivity contribution in [2.24, 2.45) is 9.98 Å². The van der Waals surface area contributed by atoms with Crippen LogP contribution in [0.5, 0.6) is 0 Å². The van der Waals surface area contributed by atoms with E-state index in [-0.39, 0.29) is 0 Å². The standard InChI is InChI=1S/C10H7N3O2S/c14-10(15)9-12-4-6-3-11-5-8-7(13(6)9)1-2-16-8/h1-5,9H,(H,14,15). The van der Waals surface area contributed by atoms with Crippen molar-refractivity contribution in [2.75, 3.05) is 4.90 Å². The summed E-state index contributed by atoms with van der Waals surface area (Å²) < 4.78 is 0. The Morgan fingerprint density at radius 3 is 3.19 bits per heavy atom. The van der Waals surface area contributed by atoms with Gasteiger partial charge in [-0.3, -0.25) is 9.98 Å². The molecule has 2 aliphatic heterocycles. The SMILES string of the molecule is O=C(O)C1N=CC2=CN=Cc3sccc3N21. The van der Waals surface area contributed by atoms with Crippen LogP contribution in [0.15, 0.2) is 33.3 Å². The first-order chi connectivity index (χ1) is 7.77. The van der Waals surface area contributed by atoms with Crippen molar-refractivity contribution in [3.63, 3.8) is 0 Å². The second-order valence-corrected chi connectivity index (χ2v) is 4.31. The molecular weight excluding hydrogens is 226 g/mol. The molecule has 5 nitrogen and oxygen atoms in total. The molecule has 0 amide bonds. The fourth-order valence-corrected chi connectivity index (χ4v) is 2.50. The number of carboxylic acids is 1. The molecule has 1 aromatic heterocycles. The van der Waals surface area contributed by atoms with E-state index in [9.17, 15) is 4.79 Å². The van der Waals surface area contributed by atoms with Gasteiger partial charge in [-0.15, -0.1) is 11.3 Å². The summed E-state index contributed by atoms with van der Waals surface area (Å²) in [6.45, 7) is 0. The van der Waals surface area contributed by atoms with Crippen LogP contribution in [0, 0.1) is 0 Å². The van der Waals surface area contributed by atoms with Crippen LogP contribution in [0.2, 0.25) is 0 Å². The predicted octanol–water partition coefficient (Wildman–Crippen LogP) is 1.32. The second kappa shape index (κ2) is 3.28. The number of nitrogens with zero attached hydrogens (tertiary/aromatic N) is 3. The first-order valence-corrected chi connectivity index (χ1v) is 5.51. The molecule has 0 saturated heterocycles. The second-order valence-electron chi connectivity index (χ2n) is 3.36. The zero-order valence-electron chi connectivity index (χ0n) is 8.07. The Morgan fingerprint density at radius 1 is 1.50 bits per heavy atom. The average molecular weight is 233 g/mol. The Labute approximate surface area is 95.1 Å². The summed E-state index contributed by atoms with van der Waals surface area (Å²) in [7, 11) is 0. The molecule has 2 aliphatic rings. The molecule has 3 heterocycles. The highest BCUT2D eigenvalue weighted by Gasteiger charge is 2.33. The summed E-state index contributed by atoms with van der Waals surface area (Å²) in [4.78, 5) is 21.8. The van der Waals surface area contributed by atoms with E-state index in [0.29, 0.717) is 5.70 Å². The van der Waals surface area contributed by atoms with E-state index in [4.69, 9.17) is 5.11 Å². The Kier molecular flexibility index (Phi) is 1.90. The van der Waals surface area contributed by atoms with Gasteiger partial charge in [0.2, 0.25) is 6.17 Å². The lowest BCUT2D eigenvalue weighted by atomic mass is 10.3. The zero-order valence-corrected chi connectivity index (χ0v) is 8.89. The van der Waals surface area contributed by atoms with Crippen LogP contribution in [0.3, 0.4) is 0 Å². The summed E-state index contributed by atoms with van der Waals surface area (Å²) in [5.41, 5.74) is 1.56. The Hall–Kier alpha value is -1.95. The number of carbonyl (C=O) groups is 1. The van der Waals surface area contributed by atoms with Gasteiger partial charge in [0.15, 0.2) is 0 Å². The summed E-state index contributed by atoms with van der Waals surface area (Å²) in [6, 6.07) is 1.88. The van der Waals surface area contributed by atoms with Gasteiger partial charge < -0.3 is 10.0 Å². The lowest BCUT2D eigenvalue weighted by molar-refractivity contribution is -0.138. The first kappa shape index (κ1) is 9.29. The minimum absolute atomic E-state index is 0.709. The Balaban J connectivity index is 2.14. The van der Waals surface area contributed by atoms with Gasteiger partial charge in [0.1, 0.15) is 0 Å². The number of hydrogen-bond donors (Lipinski definition) is 1. The van der Waals surface area contributed by atoms with E-state index in [1.807, 2.05) is 11.4 Å². The highest BCUT2D eigenvalue weighted by molar-refractivity contribution is 7.12. The molecule has 1 unspecified atom stereocenters. The topological polar surface area (TPSA) is 65.3 Å². The first-order valence-electron chi connectivity index (χ1n) is 4.63. The van der Waals surface area contributed by atoms with Crippen LogP contribution in [-0.4, -0.2) is 29.7 Å². The highest BCUT2D eigenvalue weighted by Crippen LogP contribution is 2.33. The van der Waals surface area contributed by atoms with E-state index in [1.165, 1.54) is 11.3 Å². The van der Waals surface area contributed by atoms with Crippen molar-refractivity contribution < 1.29 is 9.90 Å². The van der Waals surface area contributed by atoms with E-state index < -0.39 is 12.1 Å². The van der Waals surface area contributed by atoms with Gasteiger partial charge >= 0.3 is 5.97 Å². The number of carboxylic acid groups (broad SMARTS) is 1. The van der Waals surface area contributed by atoms with Crippen molar-refractivity contribution in [1.29, 1.82) is 0 Å². The smallest absolute Gasteiger partial charge is 0.349 e. The Morgan fingerprint density at radius 2 is 2.38 bits per heavy atom. The number of allylic oxidation sites excluding steroid dienone is 1. The van der Waals surface area contributed by atoms with Crippen molar-refractivity contribution >= 4 is 35.4 Å². The minimum atomic E-state index is -0.960. The van der Waals surface area contributed by atoms with Gasteiger partial charge in [-0.1, -0.05) is 0 Å². The molecule has 0 saturated carbocycles. The van der Waals surface area contributed by atoms with Crippen molar-refractivity contribution in [3.8, 4) is 0 Å². The van der Waals surface area contributed by atoms with Gasteiger partial charge in [-0.25, -0.2) is 4.79 Å². The number of hydrogen-bond acceptors (Lipinski definition) is 5. The summed E-state index contributed by atoms with van der Waals surface area (Å²) in [5.74, 6) is -0.960. The van der Waals surface area contributed by atoms with E-state index in [0.717, 1.165) is 10.6 Å². The van der Waals surface area contributed by atoms with Crippen molar-refractivity contribution in [1.82, 2.24) is 0 Å². The van der Waals surface area contributed by atoms with E-state index in [2.05, 4.69) is 9.98 Å². The molecular formula is C10H7N3O2S. The molecule has 0 aromatic carbocycles. The van der Waals surface area contributed by atoms with Gasteiger partial charge in [0.25, 0.3) is 0 Å². The monoisotopic (exact) mass is 233 g/mol. The lowest BCUT2D eigenvalue weighted by Gasteiger charge is -2.22. The molecule has 0 aliphatic carbocycles. The highest BCUT2D eigenvalue weighted by atomic mass is 32.1. The maximum Gasteiger partial charge on any atom is 0.349 e. The molecule has 1 N–H and O–H groups in total. The van der Waals surface area contributed by atoms with Gasteiger partial charge in [-0.2, -0.15) is 0 Å². The van der Waals surface area contributed by atoms with Crippen LogP contribution < -0.4 is 4.90 Å². The molecule has 1 aromatic rings. The molecule has 3 rings (SSSR count). The lowest BCUT2D eigenvalue weighted by Crippen LogP contribution is -2.35. The third-order valence-electron chi connectivity index (χ3n) is 2.42. The largest absolute Gasteiger partial charge is 0.478 e. The van der Waals surface area contributed by atoms with E-state index in [1.54, 1.807) is 23.5 Å². The Bertz CT molecular complexity index is 544. The molecule has 16 heavy (non-hydrogen) atoms. The number of rotatable bonds is 1. The molecule has 0 spiro atoms. The fraction of sp³-hybridized carbons (Fsp3) is 0.100. The summed E-state index contributed by atoms with van der Waals surface area (Å²) in [6.07, 6.45) is 4.03. The van der Waals surface area contributed by atoms with Gasteiger partial charge in [-0.05, 0) is 11.4 Å². The molecule has 0 radical (unpaired) electrons. The van der Waals surface area contributed by atoms with Crippen LogP contribution in [0.4, 0.5) is 5.69 Å². The van der Waals surface area contributed by atoms with Crippen LogP contribution in [-0.2, 0) is 4.79 Å². The molecule has 0 fully saturated rings. The maximum atomic E-state index is 11.1. The number of aliphatic carboxylic acids is 1. The average Bonchev–Trinajstić information content (AvgIpc) is 2.82. The third-order valence-corrected chi connectivity index (χ3v) is 3.26. The van der Waals surface area contributed by atoms with Crippen molar-refractivity contribution in [3.05, 3.63) is 28.2 Å². The van der Waals surface area contributed by atoms with Crippen LogP contribution in [0.1, 0.15) is 4.88 Å². The van der Waals surface area contributed by atoms with Crippen LogP contribution in [0.25, 0.3) is 0 Å². The molecule has 1 atom stereocenters. The number of fused-ring (bicyclic) bond motifs is 3. The van der Waals surface area contributed by atoms with Gasteiger partial charge in [0.05, 0.1) is 22.5 Å².